The van der Waals surface area contributed by atoms with Crippen LogP contribution in [0.25, 0.3) is 0 Å². The molecule has 1 aromatic rings. The molecule has 186 valence electrons. The van der Waals surface area contributed by atoms with E-state index in [1.54, 1.807) is 0 Å². The molecule has 0 heterocycles. The van der Waals surface area contributed by atoms with Crippen LogP contribution in [0.15, 0.2) is 36.4 Å². The normalized spacial score (nSPS) is 26.7. The molecule has 33 heavy (non-hydrogen) atoms. The van der Waals surface area contributed by atoms with Gasteiger partial charge in [0.25, 0.3) is 0 Å². The summed E-state index contributed by atoms with van der Waals surface area (Å²) in [4.78, 5) is 0. The van der Waals surface area contributed by atoms with Crippen molar-refractivity contribution in [2.24, 2.45) is 11.8 Å². The summed E-state index contributed by atoms with van der Waals surface area (Å²) in [6.45, 7) is 2.28. The molecule has 0 N–H and O–H groups in total. The molecule has 2 aliphatic rings. The van der Waals surface area contributed by atoms with Crippen LogP contribution in [0.3, 0.4) is 0 Å². The van der Waals surface area contributed by atoms with Gasteiger partial charge in [0.2, 0.25) is 0 Å². The van der Waals surface area contributed by atoms with Gasteiger partial charge in [0.15, 0.2) is 0 Å². The van der Waals surface area contributed by atoms with E-state index in [-0.39, 0.29) is 5.92 Å². The van der Waals surface area contributed by atoms with Crippen LogP contribution >= 0.6 is 0 Å². The maximum atomic E-state index is 12.4. The Kier molecular flexibility index (Phi) is 10.9. The summed E-state index contributed by atoms with van der Waals surface area (Å²) < 4.78 is 37.2. The van der Waals surface area contributed by atoms with Gasteiger partial charge in [-0.25, -0.2) is 0 Å². The predicted octanol–water partition coefficient (Wildman–Crippen LogP) is 10.5. The van der Waals surface area contributed by atoms with Crippen molar-refractivity contribution in [2.75, 3.05) is 0 Å². The van der Waals surface area contributed by atoms with Crippen molar-refractivity contribution in [2.45, 2.75) is 128 Å². The minimum absolute atomic E-state index is 0.0818. The Balaban J connectivity index is 1.34. The van der Waals surface area contributed by atoms with Crippen LogP contribution in [0.5, 0.6) is 0 Å². The van der Waals surface area contributed by atoms with Crippen LogP contribution in [0.2, 0.25) is 0 Å². The first-order valence-corrected chi connectivity index (χ1v) is 13.8. The fraction of sp³-hybridized carbons (Fsp3) is 0.733. The van der Waals surface area contributed by atoms with Crippen molar-refractivity contribution in [1.82, 2.24) is 0 Å². The second-order valence-electron chi connectivity index (χ2n) is 10.8. The van der Waals surface area contributed by atoms with Crippen LogP contribution < -0.4 is 0 Å². The van der Waals surface area contributed by atoms with Crippen LogP contribution in [0.1, 0.15) is 133 Å². The average Bonchev–Trinajstić information content (AvgIpc) is 2.83. The number of hydrogen-bond acceptors (Lipinski definition) is 0. The van der Waals surface area contributed by atoms with E-state index in [0.29, 0.717) is 17.9 Å². The maximum Gasteiger partial charge on any atom is 0.409 e. The standard InChI is InChI=1S/C30H45F3/c1-2-3-4-5-6-7-8-9-24-10-14-26(15-11-24)28-18-20-29(21-19-28)27-16-12-25(13-17-27)22-23-30(31,32)33/h18-27H,2-17H2,1H3/b23-22+/t24-,25-,26-,27-. The van der Waals surface area contributed by atoms with Crippen molar-refractivity contribution in [3.63, 3.8) is 0 Å². The van der Waals surface area contributed by atoms with Gasteiger partial charge in [-0.15, -0.1) is 0 Å². The zero-order valence-electron chi connectivity index (χ0n) is 20.7. The largest absolute Gasteiger partial charge is 0.409 e. The number of halogens is 3. The molecule has 0 atom stereocenters. The lowest BCUT2D eigenvalue weighted by molar-refractivity contribution is -0.0803. The third kappa shape index (κ3) is 9.49. The van der Waals surface area contributed by atoms with Gasteiger partial charge < -0.3 is 0 Å². The Labute approximate surface area is 200 Å². The predicted molar refractivity (Wildman–Crippen MR) is 134 cm³/mol. The highest BCUT2D eigenvalue weighted by Gasteiger charge is 2.26. The highest BCUT2D eigenvalue weighted by molar-refractivity contribution is 5.28. The summed E-state index contributed by atoms with van der Waals surface area (Å²) in [5, 5.41) is 0. The minimum atomic E-state index is -4.18. The van der Waals surface area contributed by atoms with Crippen molar-refractivity contribution in [3.05, 3.63) is 47.5 Å². The maximum absolute atomic E-state index is 12.4. The molecule has 0 radical (unpaired) electrons. The lowest BCUT2D eigenvalue weighted by Gasteiger charge is -2.30. The van der Waals surface area contributed by atoms with Crippen LogP contribution in [0.4, 0.5) is 13.2 Å². The first-order chi connectivity index (χ1) is 15.9. The Hall–Kier alpha value is -1.25. The van der Waals surface area contributed by atoms with E-state index in [0.717, 1.165) is 31.6 Å². The molecule has 3 heteroatoms. The summed E-state index contributed by atoms with van der Waals surface area (Å²) in [7, 11) is 0. The number of unbranched alkanes of at least 4 members (excludes halogenated alkanes) is 6. The lowest BCUT2D eigenvalue weighted by Crippen LogP contribution is -2.14. The van der Waals surface area contributed by atoms with Gasteiger partial charge in [0.05, 0.1) is 0 Å². The fourth-order valence-electron chi connectivity index (χ4n) is 6.11. The molecule has 0 saturated heterocycles. The van der Waals surface area contributed by atoms with E-state index in [1.165, 1.54) is 94.3 Å². The van der Waals surface area contributed by atoms with Crippen molar-refractivity contribution < 1.29 is 13.2 Å². The molecule has 3 rings (SSSR count). The molecule has 0 aliphatic heterocycles. The summed E-state index contributed by atoms with van der Waals surface area (Å²) >= 11 is 0. The van der Waals surface area contributed by atoms with Gasteiger partial charge in [0, 0.05) is 6.08 Å². The zero-order valence-corrected chi connectivity index (χ0v) is 20.7. The monoisotopic (exact) mass is 462 g/mol. The highest BCUT2D eigenvalue weighted by atomic mass is 19.4. The zero-order chi connectivity index (χ0) is 23.5. The third-order valence-corrected chi connectivity index (χ3v) is 8.27. The molecule has 0 bridgehead atoms. The minimum Gasteiger partial charge on any atom is -0.167 e. The first kappa shape index (κ1) is 26.4. The van der Waals surface area contributed by atoms with E-state index in [2.05, 4.69) is 31.2 Å². The molecule has 0 spiro atoms. The summed E-state index contributed by atoms with van der Waals surface area (Å²) in [6.07, 6.45) is 18.0. The fourth-order valence-corrected chi connectivity index (χ4v) is 6.11. The van der Waals surface area contributed by atoms with E-state index in [1.807, 2.05) is 0 Å². The summed E-state index contributed by atoms with van der Waals surface area (Å²) in [6, 6.07) is 9.28. The van der Waals surface area contributed by atoms with Gasteiger partial charge in [-0.2, -0.15) is 13.2 Å². The first-order valence-electron chi connectivity index (χ1n) is 13.8. The van der Waals surface area contributed by atoms with Crippen LogP contribution in [-0.4, -0.2) is 6.18 Å². The topological polar surface area (TPSA) is 0 Å². The second kappa shape index (κ2) is 13.6. The van der Waals surface area contributed by atoms with Gasteiger partial charge in [-0.3, -0.25) is 0 Å². The molecule has 2 fully saturated rings. The van der Waals surface area contributed by atoms with Gasteiger partial charge in [0.1, 0.15) is 0 Å². The molecule has 1 aromatic carbocycles. The van der Waals surface area contributed by atoms with Crippen molar-refractivity contribution in [3.8, 4) is 0 Å². The van der Waals surface area contributed by atoms with Gasteiger partial charge >= 0.3 is 6.18 Å². The third-order valence-electron chi connectivity index (χ3n) is 8.27. The number of hydrogen-bond donors (Lipinski definition) is 0. The quantitative estimate of drug-likeness (QED) is 0.227. The number of alkyl halides is 3. The van der Waals surface area contributed by atoms with E-state index < -0.39 is 6.18 Å². The second-order valence-corrected chi connectivity index (χ2v) is 10.8. The van der Waals surface area contributed by atoms with Gasteiger partial charge in [-0.05, 0) is 86.2 Å². The molecule has 0 amide bonds. The van der Waals surface area contributed by atoms with E-state index >= 15 is 0 Å². The average molecular weight is 463 g/mol. The van der Waals surface area contributed by atoms with E-state index in [9.17, 15) is 13.2 Å². The molecule has 0 unspecified atom stereocenters. The molecule has 0 nitrogen and oxygen atoms in total. The number of rotatable bonds is 11. The molecule has 2 saturated carbocycles. The molecular formula is C30H45F3. The van der Waals surface area contributed by atoms with Crippen LogP contribution in [-0.2, 0) is 0 Å². The Bertz CT molecular complexity index is 671. The van der Waals surface area contributed by atoms with E-state index in [4.69, 9.17) is 0 Å². The number of benzene rings is 1. The Morgan fingerprint density at radius 1 is 0.697 bits per heavy atom. The van der Waals surface area contributed by atoms with Crippen LogP contribution in [0, 0.1) is 11.8 Å². The lowest BCUT2D eigenvalue weighted by atomic mass is 9.75. The van der Waals surface area contributed by atoms with Crippen molar-refractivity contribution in [1.29, 1.82) is 0 Å². The highest BCUT2D eigenvalue weighted by Crippen LogP contribution is 2.40. The number of allylic oxidation sites excluding steroid dienone is 2. The summed E-state index contributed by atoms with van der Waals surface area (Å²) in [5.41, 5.74) is 2.87. The molecular weight excluding hydrogens is 417 g/mol. The molecule has 0 aromatic heterocycles. The Morgan fingerprint density at radius 3 is 1.70 bits per heavy atom. The summed E-state index contributed by atoms with van der Waals surface area (Å²) in [5.74, 6) is 2.25. The smallest absolute Gasteiger partial charge is 0.167 e. The Morgan fingerprint density at radius 2 is 1.18 bits per heavy atom. The SMILES string of the molecule is CCCCCCCCC[C@H]1CC[C@H](c2ccc([C@H]3CC[C@H](/C=C/C(F)(F)F)CC3)cc2)CC1. The van der Waals surface area contributed by atoms with Crippen molar-refractivity contribution >= 4 is 0 Å². The van der Waals surface area contributed by atoms with Gasteiger partial charge in [-0.1, -0.05) is 88.6 Å². The molecule has 2 aliphatic carbocycles.